The Kier molecular flexibility index (Phi) is 2.25. The lowest BCUT2D eigenvalue weighted by molar-refractivity contribution is 0.200. The van der Waals surface area contributed by atoms with Crippen LogP contribution in [-0.2, 0) is 0 Å². The van der Waals surface area contributed by atoms with Gasteiger partial charge in [0.15, 0.2) is 0 Å². The summed E-state index contributed by atoms with van der Waals surface area (Å²) in [5.41, 5.74) is 2.27. The average Bonchev–Trinajstić information content (AvgIpc) is 2.59. The first-order chi connectivity index (χ1) is 7.77. The van der Waals surface area contributed by atoms with Crippen molar-refractivity contribution < 1.29 is 5.11 Å². The zero-order chi connectivity index (χ0) is 11.1. The van der Waals surface area contributed by atoms with Gasteiger partial charge in [-0.15, -0.1) is 0 Å². The predicted octanol–water partition coefficient (Wildman–Crippen LogP) is 3.42. The van der Waals surface area contributed by atoms with Gasteiger partial charge in [-0.1, -0.05) is 18.2 Å². The average molecular weight is 215 g/mol. The van der Waals surface area contributed by atoms with Crippen molar-refractivity contribution in [3.8, 4) is 0 Å². The molecule has 2 nitrogen and oxygen atoms in total. The number of rotatable bonds is 2. The molecule has 2 aromatic rings. The van der Waals surface area contributed by atoms with Crippen molar-refractivity contribution >= 4 is 10.9 Å². The van der Waals surface area contributed by atoms with Crippen molar-refractivity contribution in [1.82, 2.24) is 4.57 Å². The Hall–Kier alpha value is -1.28. The third-order valence-electron chi connectivity index (χ3n) is 3.69. The van der Waals surface area contributed by atoms with E-state index in [4.69, 9.17) is 0 Å². The number of benzene rings is 1. The van der Waals surface area contributed by atoms with E-state index in [0.29, 0.717) is 6.04 Å². The molecular formula is C14H17NO. The van der Waals surface area contributed by atoms with Crippen LogP contribution in [0.25, 0.3) is 10.9 Å². The van der Waals surface area contributed by atoms with Gasteiger partial charge in [-0.05, 0) is 37.6 Å². The first kappa shape index (κ1) is 9.91. The lowest BCUT2D eigenvalue weighted by Crippen LogP contribution is -2.16. The zero-order valence-electron chi connectivity index (χ0n) is 9.56. The fourth-order valence-electron chi connectivity index (χ4n) is 2.55. The number of nitrogens with zero attached hydrogens (tertiary/aromatic N) is 1. The molecule has 3 rings (SSSR count). The van der Waals surface area contributed by atoms with E-state index >= 15 is 0 Å². The molecule has 16 heavy (non-hydrogen) atoms. The molecule has 0 aliphatic heterocycles. The summed E-state index contributed by atoms with van der Waals surface area (Å²) in [5.74, 6) is 0. The first-order valence-corrected chi connectivity index (χ1v) is 6.05. The highest BCUT2D eigenvalue weighted by Crippen LogP contribution is 2.36. The van der Waals surface area contributed by atoms with Crippen molar-refractivity contribution in [2.24, 2.45) is 0 Å². The summed E-state index contributed by atoms with van der Waals surface area (Å²) in [5, 5.41) is 11.1. The quantitative estimate of drug-likeness (QED) is 0.815. The van der Waals surface area contributed by atoms with Crippen LogP contribution in [-0.4, -0.2) is 9.67 Å². The van der Waals surface area contributed by atoms with Gasteiger partial charge in [0, 0.05) is 17.8 Å². The molecule has 2 heteroatoms. The molecule has 1 aliphatic rings. The molecule has 1 N–H and O–H groups in total. The maximum atomic E-state index is 9.82. The number of aliphatic hydroxyl groups excluding tert-OH is 1. The van der Waals surface area contributed by atoms with Gasteiger partial charge in [-0.2, -0.15) is 0 Å². The third-order valence-corrected chi connectivity index (χ3v) is 3.69. The van der Waals surface area contributed by atoms with Crippen molar-refractivity contribution in [3.05, 3.63) is 36.0 Å². The third kappa shape index (κ3) is 1.37. The second-order valence-corrected chi connectivity index (χ2v) is 4.77. The Morgan fingerprint density at radius 3 is 2.75 bits per heavy atom. The second-order valence-electron chi connectivity index (χ2n) is 4.77. The molecule has 1 heterocycles. The van der Waals surface area contributed by atoms with E-state index in [2.05, 4.69) is 22.9 Å². The molecule has 0 spiro atoms. The summed E-state index contributed by atoms with van der Waals surface area (Å²) in [6.07, 6.45) is 5.66. The highest BCUT2D eigenvalue weighted by Gasteiger charge is 2.22. The van der Waals surface area contributed by atoms with E-state index in [9.17, 15) is 5.11 Å². The maximum Gasteiger partial charge on any atom is 0.0782 e. The molecular weight excluding hydrogens is 198 g/mol. The van der Waals surface area contributed by atoms with Gasteiger partial charge in [0.2, 0.25) is 0 Å². The molecule has 1 aromatic heterocycles. The molecule has 1 saturated carbocycles. The van der Waals surface area contributed by atoms with Crippen LogP contribution in [0, 0.1) is 0 Å². The standard InChI is InChI=1S/C14H17NO/c1-10(16)13-7-2-4-11-8-9-15(14(11)13)12-5-3-6-12/h2,4,7-10,12,16H,3,5-6H2,1H3. The highest BCUT2D eigenvalue weighted by atomic mass is 16.3. The minimum Gasteiger partial charge on any atom is -0.389 e. The largest absolute Gasteiger partial charge is 0.389 e. The summed E-state index contributed by atoms with van der Waals surface area (Å²) in [4.78, 5) is 0. The number of hydrogen-bond donors (Lipinski definition) is 1. The highest BCUT2D eigenvalue weighted by molar-refractivity contribution is 5.84. The summed E-state index contributed by atoms with van der Waals surface area (Å²) in [6.45, 7) is 1.84. The van der Waals surface area contributed by atoms with Crippen LogP contribution in [0.1, 0.15) is 43.9 Å². The smallest absolute Gasteiger partial charge is 0.0782 e. The topological polar surface area (TPSA) is 25.2 Å². The van der Waals surface area contributed by atoms with E-state index < -0.39 is 6.10 Å². The molecule has 84 valence electrons. The molecule has 1 unspecified atom stereocenters. The monoisotopic (exact) mass is 215 g/mol. The van der Waals surface area contributed by atoms with Gasteiger partial charge in [0.1, 0.15) is 0 Å². The molecule has 1 atom stereocenters. The number of aliphatic hydroxyl groups is 1. The SMILES string of the molecule is CC(O)c1cccc2ccn(C3CCC3)c12. The Morgan fingerprint density at radius 1 is 1.31 bits per heavy atom. The molecule has 0 bridgehead atoms. The van der Waals surface area contributed by atoms with Gasteiger partial charge in [-0.25, -0.2) is 0 Å². The molecule has 0 saturated heterocycles. The number of fused-ring (bicyclic) bond motifs is 1. The summed E-state index contributed by atoms with van der Waals surface area (Å²) in [6, 6.07) is 8.98. The number of hydrogen-bond acceptors (Lipinski definition) is 1. The number of aromatic nitrogens is 1. The van der Waals surface area contributed by atoms with Gasteiger partial charge in [0.25, 0.3) is 0 Å². The maximum absolute atomic E-state index is 9.82. The first-order valence-electron chi connectivity index (χ1n) is 6.05. The van der Waals surface area contributed by atoms with Gasteiger partial charge in [-0.3, -0.25) is 0 Å². The van der Waals surface area contributed by atoms with E-state index in [0.717, 1.165) is 5.56 Å². The van der Waals surface area contributed by atoms with Gasteiger partial charge < -0.3 is 9.67 Å². The van der Waals surface area contributed by atoms with Crippen LogP contribution in [0.3, 0.4) is 0 Å². The van der Waals surface area contributed by atoms with Crippen LogP contribution in [0.2, 0.25) is 0 Å². The molecule has 0 radical (unpaired) electrons. The Bertz CT molecular complexity index is 508. The number of para-hydroxylation sites is 1. The van der Waals surface area contributed by atoms with Crippen LogP contribution < -0.4 is 0 Å². The van der Waals surface area contributed by atoms with E-state index in [1.807, 2.05) is 19.1 Å². The Morgan fingerprint density at radius 2 is 2.12 bits per heavy atom. The van der Waals surface area contributed by atoms with Gasteiger partial charge >= 0.3 is 0 Å². The minimum absolute atomic E-state index is 0.391. The molecule has 0 amide bonds. The Balaban J connectivity index is 2.21. The van der Waals surface area contributed by atoms with Crippen molar-refractivity contribution in [2.45, 2.75) is 38.3 Å². The van der Waals surface area contributed by atoms with Crippen molar-refractivity contribution in [1.29, 1.82) is 0 Å². The fraction of sp³-hybridized carbons (Fsp3) is 0.429. The second kappa shape index (κ2) is 3.63. The van der Waals surface area contributed by atoms with Crippen molar-refractivity contribution in [2.75, 3.05) is 0 Å². The van der Waals surface area contributed by atoms with E-state index in [1.165, 1.54) is 30.2 Å². The zero-order valence-corrected chi connectivity index (χ0v) is 9.56. The van der Waals surface area contributed by atoms with Crippen LogP contribution in [0.15, 0.2) is 30.5 Å². The summed E-state index contributed by atoms with van der Waals surface area (Å²) >= 11 is 0. The summed E-state index contributed by atoms with van der Waals surface area (Å²) in [7, 11) is 0. The molecule has 1 fully saturated rings. The van der Waals surface area contributed by atoms with Crippen LogP contribution in [0.5, 0.6) is 0 Å². The lowest BCUT2D eigenvalue weighted by Gasteiger charge is -2.29. The van der Waals surface area contributed by atoms with Crippen molar-refractivity contribution in [3.63, 3.8) is 0 Å². The van der Waals surface area contributed by atoms with Crippen LogP contribution >= 0.6 is 0 Å². The predicted molar refractivity (Wildman–Crippen MR) is 65.5 cm³/mol. The fourth-order valence-corrected chi connectivity index (χ4v) is 2.55. The summed E-state index contributed by atoms with van der Waals surface area (Å²) < 4.78 is 2.35. The van der Waals surface area contributed by atoms with Gasteiger partial charge in [0.05, 0.1) is 11.6 Å². The van der Waals surface area contributed by atoms with E-state index in [-0.39, 0.29) is 0 Å². The van der Waals surface area contributed by atoms with Crippen LogP contribution in [0.4, 0.5) is 0 Å². The molecule has 1 aromatic carbocycles. The lowest BCUT2D eigenvalue weighted by atomic mass is 9.92. The molecule has 1 aliphatic carbocycles. The minimum atomic E-state index is -0.391. The Labute approximate surface area is 95.5 Å². The van der Waals surface area contributed by atoms with E-state index in [1.54, 1.807) is 0 Å². The normalized spacial score (nSPS) is 18.6.